The highest BCUT2D eigenvalue weighted by atomic mass is 16.7. The molecular formula is C15H24O4. The van der Waals surface area contributed by atoms with Crippen LogP contribution in [-0.4, -0.2) is 30.6 Å². The van der Waals surface area contributed by atoms with Gasteiger partial charge in [-0.25, -0.2) is 0 Å². The maximum absolute atomic E-state index is 10.8. The zero-order chi connectivity index (χ0) is 13.8. The lowest BCUT2D eigenvalue weighted by atomic mass is 9.79. The van der Waals surface area contributed by atoms with E-state index < -0.39 is 5.97 Å². The average Bonchev–Trinajstić information content (AvgIpc) is 2.96. The molecule has 2 rings (SSSR count). The van der Waals surface area contributed by atoms with E-state index in [2.05, 4.69) is 12.2 Å². The molecule has 0 spiro atoms. The Morgan fingerprint density at radius 2 is 1.89 bits per heavy atom. The van der Waals surface area contributed by atoms with Gasteiger partial charge in [-0.1, -0.05) is 12.2 Å². The van der Waals surface area contributed by atoms with Crippen molar-refractivity contribution in [1.82, 2.24) is 0 Å². The van der Waals surface area contributed by atoms with Gasteiger partial charge in [0.1, 0.15) is 0 Å². The quantitative estimate of drug-likeness (QED) is 0.543. The molecule has 0 amide bonds. The summed E-state index contributed by atoms with van der Waals surface area (Å²) in [6.45, 7) is 5.21. The van der Waals surface area contributed by atoms with Crippen LogP contribution < -0.4 is 0 Å². The summed E-state index contributed by atoms with van der Waals surface area (Å²) in [4.78, 5) is 10.8. The molecule has 0 heterocycles. The van der Waals surface area contributed by atoms with E-state index in [1.807, 2.05) is 13.8 Å². The van der Waals surface area contributed by atoms with Gasteiger partial charge >= 0.3 is 5.97 Å². The number of allylic oxidation sites excluding steroid dienone is 2. The van der Waals surface area contributed by atoms with Gasteiger partial charge in [-0.15, -0.1) is 0 Å². The normalized spacial score (nSPS) is 32.4. The van der Waals surface area contributed by atoms with Crippen LogP contribution in [0.5, 0.6) is 0 Å². The fourth-order valence-corrected chi connectivity index (χ4v) is 3.66. The lowest BCUT2D eigenvalue weighted by Gasteiger charge is -2.33. The van der Waals surface area contributed by atoms with E-state index in [4.69, 9.17) is 14.6 Å². The number of ether oxygens (including phenoxy) is 2. The lowest BCUT2D eigenvalue weighted by Crippen LogP contribution is -2.35. The second-order valence-electron chi connectivity index (χ2n) is 5.40. The first-order chi connectivity index (χ1) is 9.17. The number of aliphatic carboxylic acids is 1. The van der Waals surface area contributed by atoms with Crippen molar-refractivity contribution >= 4 is 5.97 Å². The first-order valence-electron chi connectivity index (χ1n) is 7.30. The summed E-state index contributed by atoms with van der Waals surface area (Å²) >= 11 is 0. The molecule has 1 fully saturated rings. The summed E-state index contributed by atoms with van der Waals surface area (Å²) in [6.07, 6.45) is 6.42. The third-order valence-electron chi connectivity index (χ3n) is 4.36. The van der Waals surface area contributed by atoms with Gasteiger partial charge in [0.2, 0.25) is 0 Å². The molecule has 0 radical (unpaired) electrons. The van der Waals surface area contributed by atoms with E-state index in [-0.39, 0.29) is 12.7 Å². The predicted octanol–water partition coefficient (Wildman–Crippen LogP) is 2.69. The van der Waals surface area contributed by atoms with Crippen molar-refractivity contribution in [3.8, 4) is 0 Å². The van der Waals surface area contributed by atoms with Gasteiger partial charge in [-0.05, 0) is 44.4 Å². The molecule has 4 atom stereocenters. The molecule has 19 heavy (non-hydrogen) atoms. The first-order valence-corrected chi connectivity index (χ1v) is 7.30. The minimum Gasteiger partial charge on any atom is -0.481 e. The summed E-state index contributed by atoms with van der Waals surface area (Å²) in [5.41, 5.74) is 0. The van der Waals surface area contributed by atoms with E-state index >= 15 is 0 Å². The van der Waals surface area contributed by atoms with Crippen molar-refractivity contribution in [3.63, 3.8) is 0 Å². The molecule has 0 aromatic carbocycles. The number of carboxylic acids is 1. The van der Waals surface area contributed by atoms with E-state index in [1.54, 1.807) is 0 Å². The smallest absolute Gasteiger partial charge is 0.303 e. The molecule has 4 heteroatoms. The van der Waals surface area contributed by atoms with E-state index in [0.717, 1.165) is 12.8 Å². The number of fused-ring (bicyclic) bond motifs is 2. The molecule has 4 unspecified atom stereocenters. The van der Waals surface area contributed by atoms with Crippen LogP contribution in [0.3, 0.4) is 0 Å². The molecule has 4 nitrogen and oxygen atoms in total. The van der Waals surface area contributed by atoms with E-state index in [0.29, 0.717) is 36.9 Å². The van der Waals surface area contributed by atoms with Gasteiger partial charge in [-0.3, -0.25) is 4.79 Å². The van der Waals surface area contributed by atoms with Gasteiger partial charge in [0.15, 0.2) is 6.29 Å². The molecule has 2 aliphatic rings. The van der Waals surface area contributed by atoms with Crippen molar-refractivity contribution in [3.05, 3.63) is 12.2 Å². The highest BCUT2D eigenvalue weighted by molar-refractivity contribution is 5.66. The van der Waals surface area contributed by atoms with Crippen molar-refractivity contribution in [2.24, 2.45) is 23.7 Å². The summed E-state index contributed by atoms with van der Waals surface area (Å²) in [5.74, 6) is 0.989. The molecule has 2 aliphatic carbocycles. The molecule has 0 aromatic heterocycles. The van der Waals surface area contributed by atoms with Crippen LogP contribution in [0, 0.1) is 23.7 Å². The van der Waals surface area contributed by atoms with E-state index in [1.165, 1.54) is 0 Å². The van der Waals surface area contributed by atoms with Gasteiger partial charge < -0.3 is 14.6 Å². The average molecular weight is 268 g/mol. The highest BCUT2D eigenvalue weighted by Crippen LogP contribution is 2.51. The van der Waals surface area contributed by atoms with Gasteiger partial charge in [0, 0.05) is 25.6 Å². The molecule has 108 valence electrons. The molecular weight excluding hydrogens is 244 g/mol. The molecule has 0 aliphatic heterocycles. The maximum atomic E-state index is 10.8. The van der Waals surface area contributed by atoms with Gasteiger partial charge in [0.05, 0.1) is 0 Å². The third-order valence-corrected chi connectivity index (χ3v) is 4.36. The van der Waals surface area contributed by atoms with Crippen LogP contribution in [0.15, 0.2) is 12.2 Å². The van der Waals surface area contributed by atoms with Crippen LogP contribution in [0.2, 0.25) is 0 Å². The second kappa shape index (κ2) is 6.53. The minimum atomic E-state index is -0.713. The van der Waals surface area contributed by atoms with Crippen molar-refractivity contribution in [2.75, 3.05) is 13.2 Å². The van der Waals surface area contributed by atoms with Crippen LogP contribution >= 0.6 is 0 Å². The Hall–Kier alpha value is -0.870. The van der Waals surface area contributed by atoms with Crippen molar-refractivity contribution in [2.45, 2.75) is 39.4 Å². The fourth-order valence-electron chi connectivity index (χ4n) is 3.66. The number of hydrogen-bond acceptors (Lipinski definition) is 3. The van der Waals surface area contributed by atoms with Gasteiger partial charge in [-0.2, -0.15) is 0 Å². The summed E-state index contributed by atoms with van der Waals surface area (Å²) in [6, 6.07) is 0. The summed E-state index contributed by atoms with van der Waals surface area (Å²) in [7, 11) is 0. The Bertz CT molecular complexity index is 333. The maximum Gasteiger partial charge on any atom is 0.303 e. The molecule has 2 bridgehead atoms. The third kappa shape index (κ3) is 3.18. The zero-order valence-electron chi connectivity index (χ0n) is 11.7. The molecule has 0 aromatic rings. The second-order valence-corrected chi connectivity index (χ2v) is 5.40. The fraction of sp³-hybridized carbons (Fsp3) is 0.800. The Morgan fingerprint density at radius 3 is 2.47 bits per heavy atom. The molecule has 0 saturated heterocycles. The van der Waals surface area contributed by atoms with Crippen LogP contribution in [0.1, 0.15) is 33.1 Å². The van der Waals surface area contributed by atoms with Crippen LogP contribution in [0.25, 0.3) is 0 Å². The summed E-state index contributed by atoms with van der Waals surface area (Å²) < 4.78 is 11.5. The zero-order valence-corrected chi connectivity index (χ0v) is 11.7. The van der Waals surface area contributed by atoms with Crippen molar-refractivity contribution in [1.29, 1.82) is 0 Å². The number of carboxylic acid groups (broad SMARTS) is 1. The SMILES string of the molecule is CCOC(OCC)C1C2C=CC(C2)C1CCC(=O)O. The highest BCUT2D eigenvalue weighted by Gasteiger charge is 2.48. The predicted molar refractivity (Wildman–Crippen MR) is 71.6 cm³/mol. The first kappa shape index (κ1) is 14.5. The number of rotatable bonds is 8. The summed E-state index contributed by atoms with van der Waals surface area (Å²) in [5, 5.41) is 8.90. The largest absolute Gasteiger partial charge is 0.481 e. The standard InChI is InChI=1S/C15H24O4/c1-3-18-15(19-4-2)14-11-6-5-10(9-11)12(14)7-8-13(16)17/h5-6,10-12,14-15H,3-4,7-9H2,1-2H3,(H,16,17). The van der Waals surface area contributed by atoms with Crippen LogP contribution in [0.4, 0.5) is 0 Å². The van der Waals surface area contributed by atoms with Crippen molar-refractivity contribution < 1.29 is 19.4 Å². The Labute approximate surface area is 114 Å². The topological polar surface area (TPSA) is 55.8 Å². The molecule has 1 saturated carbocycles. The van der Waals surface area contributed by atoms with Crippen LogP contribution in [-0.2, 0) is 14.3 Å². The number of carbonyl (C=O) groups is 1. The monoisotopic (exact) mass is 268 g/mol. The minimum absolute atomic E-state index is 0.186. The Kier molecular flexibility index (Phi) is 4.99. The van der Waals surface area contributed by atoms with E-state index in [9.17, 15) is 4.79 Å². The Morgan fingerprint density at radius 1 is 1.26 bits per heavy atom. The molecule has 1 N–H and O–H groups in total. The number of hydrogen-bond donors (Lipinski definition) is 1. The lowest BCUT2D eigenvalue weighted by molar-refractivity contribution is -0.181. The van der Waals surface area contributed by atoms with Gasteiger partial charge in [0.25, 0.3) is 0 Å². The Balaban J connectivity index is 2.06.